The highest BCUT2D eigenvalue weighted by atomic mass is 35.5. The predicted octanol–water partition coefficient (Wildman–Crippen LogP) is 1.95. The van der Waals surface area contributed by atoms with Crippen molar-refractivity contribution in [3.63, 3.8) is 0 Å². The zero-order valence-electron chi connectivity index (χ0n) is 7.96. The third kappa shape index (κ3) is 3.19. The number of hydrogen-bond donors (Lipinski definition) is 2. The second-order valence-corrected chi connectivity index (χ2v) is 3.23. The molecule has 15 heavy (non-hydrogen) atoms. The van der Waals surface area contributed by atoms with Crippen LogP contribution in [-0.2, 0) is 0 Å². The van der Waals surface area contributed by atoms with Gasteiger partial charge in [-0.2, -0.15) is 0 Å². The molecule has 0 spiro atoms. The van der Waals surface area contributed by atoms with Gasteiger partial charge in [-0.1, -0.05) is 11.8 Å². The lowest BCUT2D eigenvalue weighted by atomic mass is 10.1. The second kappa shape index (κ2) is 5.28. The van der Waals surface area contributed by atoms with Crippen molar-refractivity contribution in [1.82, 2.24) is 0 Å². The van der Waals surface area contributed by atoms with Crippen LogP contribution in [0.3, 0.4) is 0 Å². The molecule has 1 aromatic carbocycles. The van der Waals surface area contributed by atoms with Gasteiger partial charge in [0.2, 0.25) is 0 Å². The number of alkyl halides is 1. The van der Waals surface area contributed by atoms with Gasteiger partial charge in [0, 0.05) is 23.6 Å². The molecule has 0 aliphatic heterocycles. The molecule has 0 unspecified atom stereocenters. The Hall–Kier alpha value is -1.66. The topological polar surface area (TPSA) is 63.3 Å². The van der Waals surface area contributed by atoms with Crippen molar-refractivity contribution in [2.75, 3.05) is 11.6 Å². The average Bonchev–Trinajstić information content (AvgIpc) is 2.20. The number of nitrogen functional groups attached to an aromatic ring is 1. The van der Waals surface area contributed by atoms with Crippen molar-refractivity contribution < 1.29 is 9.90 Å². The summed E-state index contributed by atoms with van der Waals surface area (Å²) in [5, 5.41) is 8.71. The van der Waals surface area contributed by atoms with Gasteiger partial charge in [-0.15, -0.1) is 11.6 Å². The summed E-state index contributed by atoms with van der Waals surface area (Å²) in [5.41, 5.74) is 6.81. The molecule has 1 rings (SSSR count). The van der Waals surface area contributed by atoms with Gasteiger partial charge in [0.25, 0.3) is 0 Å². The lowest BCUT2D eigenvalue weighted by molar-refractivity contribution is 0.0697. The summed E-state index contributed by atoms with van der Waals surface area (Å²) in [6.07, 6.45) is 0.585. The third-order valence-corrected chi connectivity index (χ3v) is 1.93. The molecular formula is C11H10ClNO2. The Kier molecular flexibility index (Phi) is 4.02. The number of rotatable bonds is 2. The molecule has 0 aliphatic rings. The van der Waals surface area contributed by atoms with Gasteiger partial charge < -0.3 is 10.8 Å². The molecule has 0 aliphatic carbocycles. The van der Waals surface area contributed by atoms with Crippen molar-refractivity contribution in [1.29, 1.82) is 0 Å². The lowest BCUT2D eigenvalue weighted by Gasteiger charge is -1.99. The molecule has 1 aromatic rings. The van der Waals surface area contributed by atoms with E-state index in [9.17, 15) is 4.79 Å². The molecule has 0 radical (unpaired) electrons. The number of nitrogens with two attached hydrogens (primary N) is 1. The minimum Gasteiger partial charge on any atom is -0.478 e. The predicted molar refractivity (Wildman–Crippen MR) is 60.0 cm³/mol. The van der Waals surface area contributed by atoms with E-state index in [0.29, 0.717) is 23.6 Å². The summed E-state index contributed by atoms with van der Waals surface area (Å²) in [7, 11) is 0. The van der Waals surface area contributed by atoms with E-state index in [1.165, 1.54) is 12.1 Å². The van der Waals surface area contributed by atoms with Crippen LogP contribution in [0.15, 0.2) is 18.2 Å². The smallest absolute Gasteiger partial charge is 0.335 e. The van der Waals surface area contributed by atoms with Gasteiger partial charge in [0.15, 0.2) is 0 Å². The summed E-state index contributed by atoms with van der Waals surface area (Å²) >= 11 is 5.46. The fourth-order valence-electron chi connectivity index (χ4n) is 1.01. The van der Waals surface area contributed by atoms with Gasteiger partial charge >= 0.3 is 5.97 Å². The van der Waals surface area contributed by atoms with Gasteiger partial charge in [-0.3, -0.25) is 0 Å². The van der Waals surface area contributed by atoms with Crippen molar-refractivity contribution in [2.45, 2.75) is 6.42 Å². The van der Waals surface area contributed by atoms with E-state index in [4.69, 9.17) is 22.4 Å². The fourth-order valence-corrected chi connectivity index (χ4v) is 1.11. The standard InChI is InChI=1S/C11H10ClNO2/c12-6-2-1-3-8-4-5-9(11(14)15)7-10(8)13/h4-5,7H,2,6,13H2,(H,14,15). The molecule has 0 fully saturated rings. The molecule has 3 N–H and O–H groups in total. The fraction of sp³-hybridized carbons (Fsp3) is 0.182. The molecule has 3 nitrogen and oxygen atoms in total. The Bertz CT molecular complexity index is 432. The summed E-state index contributed by atoms with van der Waals surface area (Å²) in [5.74, 6) is 5.13. The van der Waals surface area contributed by atoms with Crippen molar-refractivity contribution >= 4 is 23.3 Å². The Labute approximate surface area is 92.9 Å². The Morgan fingerprint density at radius 1 is 1.53 bits per heavy atom. The highest BCUT2D eigenvalue weighted by Crippen LogP contribution is 2.13. The molecule has 78 valence electrons. The average molecular weight is 224 g/mol. The lowest BCUT2D eigenvalue weighted by Crippen LogP contribution is -1.99. The Morgan fingerprint density at radius 3 is 2.80 bits per heavy atom. The largest absolute Gasteiger partial charge is 0.478 e. The number of halogens is 1. The molecule has 0 amide bonds. The van der Waals surface area contributed by atoms with Crippen LogP contribution in [0.1, 0.15) is 22.3 Å². The van der Waals surface area contributed by atoms with Crippen molar-refractivity contribution in [3.05, 3.63) is 29.3 Å². The van der Waals surface area contributed by atoms with E-state index >= 15 is 0 Å². The van der Waals surface area contributed by atoms with Gasteiger partial charge in [0.1, 0.15) is 0 Å². The van der Waals surface area contributed by atoms with Crippen LogP contribution < -0.4 is 5.73 Å². The quantitative estimate of drug-likeness (QED) is 0.458. The maximum Gasteiger partial charge on any atom is 0.335 e. The number of hydrogen-bond acceptors (Lipinski definition) is 2. The van der Waals surface area contributed by atoms with Gasteiger partial charge in [0.05, 0.1) is 5.56 Å². The first-order valence-corrected chi connectivity index (χ1v) is 4.86. The van der Waals surface area contributed by atoms with Crippen LogP contribution in [0.2, 0.25) is 0 Å². The minimum atomic E-state index is -0.998. The van der Waals surface area contributed by atoms with E-state index in [0.717, 1.165) is 0 Å². The number of carboxylic acids is 1. The first kappa shape index (κ1) is 11.4. The zero-order chi connectivity index (χ0) is 11.3. The molecule has 0 saturated carbocycles. The third-order valence-electron chi connectivity index (χ3n) is 1.74. The molecule has 4 heteroatoms. The van der Waals surface area contributed by atoms with E-state index in [2.05, 4.69) is 11.8 Å². The van der Waals surface area contributed by atoms with E-state index in [1.54, 1.807) is 6.07 Å². The van der Waals surface area contributed by atoms with Crippen LogP contribution in [-0.4, -0.2) is 17.0 Å². The van der Waals surface area contributed by atoms with Crippen molar-refractivity contribution in [2.24, 2.45) is 0 Å². The molecule has 0 atom stereocenters. The number of benzene rings is 1. The van der Waals surface area contributed by atoms with Crippen molar-refractivity contribution in [3.8, 4) is 11.8 Å². The highest BCUT2D eigenvalue weighted by Gasteiger charge is 2.04. The maximum absolute atomic E-state index is 10.6. The molecule has 0 saturated heterocycles. The highest BCUT2D eigenvalue weighted by molar-refractivity contribution is 6.18. The molecule has 0 bridgehead atoms. The summed E-state index contributed by atoms with van der Waals surface area (Å²) < 4.78 is 0. The van der Waals surface area contributed by atoms with Gasteiger partial charge in [-0.05, 0) is 18.2 Å². The van der Waals surface area contributed by atoms with Crippen LogP contribution in [0.5, 0.6) is 0 Å². The van der Waals surface area contributed by atoms with E-state index < -0.39 is 5.97 Å². The second-order valence-electron chi connectivity index (χ2n) is 2.85. The summed E-state index contributed by atoms with van der Waals surface area (Å²) in [6, 6.07) is 4.47. The number of carboxylic acid groups (broad SMARTS) is 1. The monoisotopic (exact) mass is 223 g/mol. The Morgan fingerprint density at radius 2 is 2.27 bits per heavy atom. The molecule has 0 heterocycles. The summed E-state index contributed by atoms with van der Waals surface area (Å²) in [4.78, 5) is 10.6. The van der Waals surface area contributed by atoms with E-state index in [-0.39, 0.29) is 5.56 Å². The first-order valence-electron chi connectivity index (χ1n) is 4.33. The molecule has 0 aromatic heterocycles. The summed E-state index contributed by atoms with van der Waals surface area (Å²) in [6.45, 7) is 0. The number of aromatic carboxylic acids is 1. The minimum absolute atomic E-state index is 0.162. The normalized spacial score (nSPS) is 9.13. The SMILES string of the molecule is Nc1cc(C(=O)O)ccc1C#CCCCl. The van der Waals surface area contributed by atoms with Crippen LogP contribution in [0.4, 0.5) is 5.69 Å². The Balaban J connectivity index is 2.95. The number of anilines is 1. The molecular weight excluding hydrogens is 214 g/mol. The first-order chi connectivity index (χ1) is 7.15. The zero-order valence-corrected chi connectivity index (χ0v) is 8.71. The van der Waals surface area contributed by atoms with Crippen LogP contribution >= 0.6 is 11.6 Å². The van der Waals surface area contributed by atoms with Crippen LogP contribution in [0, 0.1) is 11.8 Å². The number of carbonyl (C=O) groups is 1. The maximum atomic E-state index is 10.6. The van der Waals surface area contributed by atoms with E-state index in [1.807, 2.05) is 0 Å². The van der Waals surface area contributed by atoms with Gasteiger partial charge in [-0.25, -0.2) is 4.79 Å². The van der Waals surface area contributed by atoms with Crippen LogP contribution in [0.25, 0.3) is 0 Å².